The van der Waals surface area contributed by atoms with Crippen molar-refractivity contribution >= 4 is 27.1 Å². The van der Waals surface area contributed by atoms with Crippen molar-refractivity contribution in [3.05, 3.63) is 28.2 Å². The Balaban J connectivity index is 2.37. The molecule has 0 radical (unpaired) electrons. The first-order valence-electron chi connectivity index (χ1n) is 4.79. The van der Waals surface area contributed by atoms with Crippen molar-refractivity contribution in [2.75, 3.05) is 6.26 Å². The average Bonchev–Trinajstić information content (AvgIpc) is 2.83. The molecule has 98 valence electrons. The number of hydrogen-bond donors (Lipinski definition) is 2. The molecule has 18 heavy (non-hydrogen) atoms. The fourth-order valence-corrected chi connectivity index (χ4v) is 2.67. The summed E-state index contributed by atoms with van der Waals surface area (Å²) in [6, 6.07) is 0. The Morgan fingerprint density at radius 1 is 1.56 bits per heavy atom. The highest BCUT2D eigenvalue weighted by Crippen LogP contribution is 2.37. The van der Waals surface area contributed by atoms with E-state index in [4.69, 9.17) is 4.74 Å². The number of sulfonamides is 1. The molecule has 0 saturated carbocycles. The van der Waals surface area contributed by atoms with E-state index in [0.29, 0.717) is 5.01 Å². The van der Waals surface area contributed by atoms with Crippen LogP contribution in [0.15, 0.2) is 23.2 Å². The van der Waals surface area contributed by atoms with E-state index in [2.05, 4.69) is 4.98 Å². The van der Waals surface area contributed by atoms with Gasteiger partial charge in [0.05, 0.1) is 6.26 Å². The van der Waals surface area contributed by atoms with E-state index in [1.54, 1.807) is 5.38 Å². The predicted octanol–water partition coefficient (Wildman–Crippen LogP) is 0.234. The highest BCUT2D eigenvalue weighted by atomic mass is 32.2. The van der Waals surface area contributed by atoms with Gasteiger partial charge >= 0.3 is 0 Å². The smallest absolute Gasteiger partial charge is 0.253 e. The molecule has 1 unspecified atom stereocenters. The van der Waals surface area contributed by atoms with Gasteiger partial charge in [-0.1, -0.05) is 0 Å². The van der Waals surface area contributed by atoms with Crippen molar-refractivity contribution in [1.82, 2.24) is 9.71 Å². The van der Waals surface area contributed by atoms with Gasteiger partial charge in [0, 0.05) is 11.6 Å². The Labute approximate surface area is 107 Å². The second kappa shape index (κ2) is 3.95. The number of rotatable bonds is 3. The molecular weight excluding hydrogens is 280 g/mol. The van der Waals surface area contributed by atoms with E-state index in [-0.39, 0.29) is 0 Å². The first kappa shape index (κ1) is 12.8. The van der Waals surface area contributed by atoms with Crippen LogP contribution in [0.3, 0.4) is 0 Å². The van der Waals surface area contributed by atoms with Crippen LogP contribution in [-0.4, -0.2) is 30.5 Å². The number of Topliss-reactive ketones (excluding diaryl/α,β-unsaturated/α-hetero) is 1. The van der Waals surface area contributed by atoms with Crippen molar-refractivity contribution in [2.24, 2.45) is 0 Å². The number of hydrogen-bond acceptors (Lipinski definition) is 7. The molecule has 0 aliphatic carbocycles. The summed E-state index contributed by atoms with van der Waals surface area (Å²) in [4.78, 5) is 15.9. The minimum absolute atomic E-state index is 0.337. The van der Waals surface area contributed by atoms with E-state index in [0.717, 1.165) is 6.26 Å². The lowest BCUT2D eigenvalue weighted by molar-refractivity contribution is -0.131. The van der Waals surface area contributed by atoms with E-state index >= 15 is 0 Å². The van der Waals surface area contributed by atoms with Gasteiger partial charge in [-0.2, -0.15) is 0 Å². The molecule has 1 aliphatic heterocycles. The third-order valence-corrected chi connectivity index (χ3v) is 3.82. The van der Waals surface area contributed by atoms with Gasteiger partial charge in [0.2, 0.25) is 27.3 Å². The molecule has 2 N–H and O–H groups in total. The predicted molar refractivity (Wildman–Crippen MR) is 63.2 cm³/mol. The van der Waals surface area contributed by atoms with Crippen LogP contribution in [0.5, 0.6) is 0 Å². The summed E-state index contributed by atoms with van der Waals surface area (Å²) >= 11 is 1.17. The SMILES string of the molecule is CC1(c2nccs2)OC(NS(C)(=O)=O)=C(O)C1=O. The first-order chi connectivity index (χ1) is 8.24. The monoisotopic (exact) mass is 290 g/mol. The molecule has 2 heterocycles. The molecule has 1 aromatic rings. The van der Waals surface area contributed by atoms with Crippen molar-refractivity contribution in [2.45, 2.75) is 12.5 Å². The van der Waals surface area contributed by atoms with Gasteiger partial charge in [0.15, 0.2) is 0 Å². The minimum Gasteiger partial charge on any atom is -0.501 e. The lowest BCUT2D eigenvalue weighted by Crippen LogP contribution is -2.32. The molecule has 1 aliphatic rings. The quantitative estimate of drug-likeness (QED) is 0.825. The number of aliphatic hydroxyl groups excluding tert-OH is 1. The summed E-state index contributed by atoms with van der Waals surface area (Å²) in [6.45, 7) is 1.42. The highest BCUT2D eigenvalue weighted by molar-refractivity contribution is 7.88. The number of ketones is 1. The topological polar surface area (TPSA) is 106 Å². The van der Waals surface area contributed by atoms with Crippen LogP contribution >= 0.6 is 11.3 Å². The minimum atomic E-state index is -3.64. The number of nitrogens with zero attached hydrogens (tertiary/aromatic N) is 1. The largest absolute Gasteiger partial charge is 0.501 e. The maximum atomic E-state index is 11.9. The lowest BCUT2D eigenvalue weighted by atomic mass is 10.0. The Kier molecular flexibility index (Phi) is 2.82. The normalized spacial score (nSPS) is 24.2. The zero-order chi connectivity index (χ0) is 13.6. The molecule has 2 rings (SSSR count). The summed E-state index contributed by atoms with van der Waals surface area (Å²) in [5, 5.41) is 11.6. The van der Waals surface area contributed by atoms with Gasteiger partial charge < -0.3 is 9.84 Å². The third kappa shape index (κ3) is 2.06. The number of aromatic nitrogens is 1. The molecule has 0 amide bonds. The van der Waals surface area contributed by atoms with Gasteiger partial charge in [-0.05, 0) is 6.92 Å². The van der Waals surface area contributed by atoms with E-state index in [9.17, 15) is 18.3 Å². The first-order valence-corrected chi connectivity index (χ1v) is 7.56. The molecule has 0 aromatic carbocycles. The number of aliphatic hydroxyl groups is 1. The molecule has 1 atom stereocenters. The second-order valence-electron chi connectivity index (χ2n) is 3.85. The van der Waals surface area contributed by atoms with Crippen molar-refractivity contribution in [3.63, 3.8) is 0 Å². The molecule has 7 nitrogen and oxygen atoms in total. The van der Waals surface area contributed by atoms with Crippen LogP contribution in [0.1, 0.15) is 11.9 Å². The van der Waals surface area contributed by atoms with Crippen molar-refractivity contribution < 1.29 is 23.1 Å². The molecule has 1 aromatic heterocycles. The van der Waals surface area contributed by atoms with Gasteiger partial charge in [-0.15, -0.1) is 11.3 Å². The van der Waals surface area contributed by atoms with E-state index < -0.39 is 33.0 Å². The Hall–Kier alpha value is -1.61. The molecular formula is C9H10N2O5S2. The third-order valence-electron chi connectivity index (χ3n) is 2.29. The maximum absolute atomic E-state index is 11.9. The van der Waals surface area contributed by atoms with Gasteiger partial charge in [0.1, 0.15) is 5.01 Å². The van der Waals surface area contributed by atoms with Crippen LogP contribution in [0.4, 0.5) is 0 Å². The molecule has 0 bridgehead atoms. The fourth-order valence-electron chi connectivity index (χ4n) is 1.47. The zero-order valence-corrected chi connectivity index (χ0v) is 11.1. The number of thiazole rings is 1. The number of ether oxygens (including phenoxy) is 1. The van der Waals surface area contributed by atoms with Gasteiger partial charge in [-0.25, -0.2) is 13.4 Å². The molecule has 0 fully saturated rings. The fraction of sp³-hybridized carbons (Fsp3) is 0.333. The standard InChI is InChI=1S/C9H10N2O5S2/c1-9(8-10-3-4-17-8)6(13)5(12)7(16-9)11-18(2,14)15/h3-4,11-12H,1-2H3. The molecule has 0 saturated heterocycles. The summed E-state index contributed by atoms with van der Waals surface area (Å²) in [5.74, 6) is -1.96. The summed E-state index contributed by atoms with van der Waals surface area (Å²) in [7, 11) is -3.64. The summed E-state index contributed by atoms with van der Waals surface area (Å²) in [6.07, 6.45) is 2.38. The van der Waals surface area contributed by atoms with Crippen LogP contribution in [0.25, 0.3) is 0 Å². The van der Waals surface area contributed by atoms with Crippen LogP contribution < -0.4 is 4.72 Å². The van der Waals surface area contributed by atoms with Crippen LogP contribution in [-0.2, 0) is 25.2 Å². The van der Waals surface area contributed by atoms with Gasteiger partial charge in [-0.3, -0.25) is 9.52 Å². The summed E-state index contributed by atoms with van der Waals surface area (Å²) < 4.78 is 29.3. The number of carbonyl (C=O) groups is 1. The Bertz CT molecular complexity index is 619. The number of carbonyl (C=O) groups excluding carboxylic acids is 1. The van der Waals surface area contributed by atoms with Gasteiger partial charge in [0.25, 0.3) is 5.78 Å². The molecule has 9 heteroatoms. The van der Waals surface area contributed by atoms with Crippen LogP contribution in [0.2, 0.25) is 0 Å². The van der Waals surface area contributed by atoms with Crippen molar-refractivity contribution in [3.8, 4) is 0 Å². The zero-order valence-electron chi connectivity index (χ0n) is 9.50. The van der Waals surface area contributed by atoms with E-state index in [1.165, 1.54) is 24.5 Å². The summed E-state index contributed by atoms with van der Waals surface area (Å²) in [5.41, 5.74) is -1.49. The lowest BCUT2D eigenvalue weighted by Gasteiger charge is -2.20. The highest BCUT2D eigenvalue weighted by Gasteiger charge is 2.50. The molecule has 0 spiro atoms. The Morgan fingerprint density at radius 2 is 2.22 bits per heavy atom. The van der Waals surface area contributed by atoms with Crippen LogP contribution in [0, 0.1) is 0 Å². The average molecular weight is 290 g/mol. The van der Waals surface area contributed by atoms with Crippen molar-refractivity contribution in [1.29, 1.82) is 0 Å². The maximum Gasteiger partial charge on any atom is 0.253 e. The second-order valence-corrected chi connectivity index (χ2v) is 6.50. The number of nitrogens with one attached hydrogen (secondary N) is 1. The van der Waals surface area contributed by atoms with E-state index in [1.807, 2.05) is 4.72 Å². The Morgan fingerprint density at radius 3 is 2.72 bits per heavy atom.